The van der Waals surface area contributed by atoms with Gasteiger partial charge in [-0.25, -0.2) is 4.98 Å². The quantitative estimate of drug-likeness (QED) is 0.734. The number of aromatic nitrogens is 2. The Balaban J connectivity index is 0.000000672. The highest BCUT2D eigenvalue weighted by molar-refractivity contribution is 5.33. The van der Waals surface area contributed by atoms with Crippen molar-refractivity contribution >= 4 is 12.9 Å². The molecule has 0 bridgehead atoms. The summed E-state index contributed by atoms with van der Waals surface area (Å²) in [6.07, 6.45) is 5.24. The summed E-state index contributed by atoms with van der Waals surface area (Å²) in [6, 6.07) is 10.6. The van der Waals surface area contributed by atoms with Crippen molar-refractivity contribution in [3.05, 3.63) is 54.1 Å². The van der Waals surface area contributed by atoms with Crippen molar-refractivity contribution in [1.82, 2.24) is 14.5 Å². The summed E-state index contributed by atoms with van der Waals surface area (Å²) in [6.45, 7) is 9.24. The number of carbonyl (C=O) groups is 2. The number of aryl methyl sites for hydroxylation is 1. The van der Waals surface area contributed by atoms with E-state index < -0.39 is 0 Å². The Bertz CT molecular complexity index is 737. The van der Waals surface area contributed by atoms with Crippen LogP contribution in [0.4, 0.5) is 0 Å². The van der Waals surface area contributed by atoms with Crippen molar-refractivity contribution < 1.29 is 24.5 Å². The molecule has 2 aromatic rings. The second-order valence-electron chi connectivity index (χ2n) is 8.06. The molecular weight excluding hydrogens is 386 g/mol. The molecule has 166 valence electrons. The lowest BCUT2D eigenvalue weighted by Gasteiger charge is -2.43. The minimum atomic E-state index is -0.250. The molecule has 0 spiro atoms. The molecule has 0 unspecified atom stereocenters. The van der Waals surface area contributed by atoms with Gasteiger partial charge in [0.1, 0.15) is 5.82 Å². The fourth-order valence-corrected chi connectivity index (χ4v) is 3.24. The van der Waals surface area contributed by atoms with Gasteiger partial charge in [-0.15, -0.1) is 0 Å². The molecule has 8 heteroatoms. The van der Waals surface area contributed by atoms with Crippen molar-refractivity contribution in [2.45, 2.75) is 39.4 Å². The summed E-state index contributed by atoms with van der Waals surface area (Å²) in [5.41, 5.74) is 1.41. The first kappa shape index (κ1) is 25.3. The highest BCUT2D eigenvalue weighted by Gasteiger charge is 2.35. The van der Waals surface area contributed by atoms with E-state index in [4.69, 9.17) is 24.5 Å². The molecule has 30 heavy (non-hydrogen) atoms. The number of rotatable bonds is 4. The molecule has 8 nitrogen and oxygen atoms in total. The number of nitrogens with zero attached hydrogens (tertiary/aromatic N) is 3. The molecule has 0 aliphatic carbocycles. The topological polar surface area (TPSA) is 105 Å². The van der Waals surface area contributed by atoms with Crippen LogP contribution in [0.1, 0.15) is 38.3 Å². The van der Waals surface area contributed by atoms with Crippen molar-refractivity contribution in [1.29, 1.82) is 0 Å². The van der Waals surface area contributed by atoms with Crippen LogP contribution in [0.15, 0.2) is 42.7 Å². The number of morpholine rings is 1. The molecule has 0 amide bonds. The number of imidazole rings is 1. The zero-order valence-corrected chi connectivity index (χ0v) is 18.1. The molecule has 3 rings (SSSR count). The Morgan fingerprint density at radius 1 is 1.13 bits per heavy atom. The number of ether oxygens (including phenoxy) is 1. The zero-order valence-electron chi connectivity index (χ0n) is 18.1. The van der Waals surface area contributed by atoms with Gasteiger partial charge in [-0.2, -0.15) is 0 Å². The second kappa shape index (κ2) is 12.8. The lowest BCUT2D eigenvalue weighted by atomic mass is 9.87. The maximum atomic E-state index is 8.36. The average Bonchev–Trinajstić information content (AvgIpc) is 3.12. The van der Waals surface area contributed by atoms with Crippen molar-refractivity contribution in [2.75, 3.05) is 19.6 Å². The standard InChI is InChI=1S/C20H29N3O.2CH2O2/c1-20(2,3)18-15-23(12-10-19-21-11-13-22(19)4)14-17(24-18)16-8-6-5-7-9-16;2*2-1-3/h5-9,11,13,17-18H,10,12,14-15H2,1-4H3;2*1H,(H,2,3)/t17-,18+;;/m0../s1. The van der Waals surface area contributed by atoms with Crippen LogP contribution in [0.3, 0.4) is 0 Å². The van der Waals surface area contributed by atoms with Crippen molar-refractivity contribution in [2.24, 2.45) is 12.5 Å². The predicted octanol–water partition coefficient (Wildman–Crippen LogP) is 2.85. The third-order valence-corrected chi connectivity index (χ3v) is 4.89. The van der Waals surface area contributed by atoms with E-state index in [1.165, 1.54) is 5.56 Å². The van der Waals surface area contributed by atoms with Crippen LogP contribution in [0.5, 0.6) is 0 Å². The number of hydrogen-bond donors (Lipinski definition) is 2. The highest BCUT2D eigenvalue weighted by atomic mass is 16.5. The second-order valence-corrected chi connectivity index (χ2v) is 8.06. The molecule has 2 atom stereocenters. The van der Waals surface area contributed by atoms with E-state index >= 15 is 0 Å². The van der Waals surface area contributed by atoms with Crippen LogP contribution in [0.2, 0.25) is 0 Å². The van der Waals surface area contributed by atoms with Gasteiger partial charge in [0.2, 0.25) is 0 Å². The van der Waals surface area contributed by atoms with E-state index in [2.05, 4.69) is 72.6 Å². The van der Waals surface area contributed by atoms with Gasteiger partial charge in [0, 0.05) is 45.5 Å². The molecule has 1 fully saturated rings. The molecule has 0 saturated carbocycles. The van der Waals surface area contributed by atoms with Gasteiger partial charge in [-0.05, 0) is 11.0 Å². The summed E-state index contributed by atoms with van der Waals surface area (Å²) >= 11 is 0. The van der Waals surface area contributed by atoms with Gasteiger partial charge >= 0.3 is 0 Å². The van der Waals surface area contributed by atoms with E-state index in [1.54, 1.807) is 0 Å². The Hall–Kier alpha value is -2.71. The maximum absolute atomic E-state index is 8.36. The van der Waals surface area contributed by atoms with Crippen LogP contribution in [-0.4, -0.2) is 63.3 Å². The lowest BCUT2D eigenvalue weighted by Crippen LogP contribution is -2.49. The first-order valence-corrected chi connectivity index (χ1v) is 9.81. The van der Waals surface area contributed by atoms with E-state index in [-0.39, 0.29) is 30.6 Å². The van der Waals surface area contributed by atoms with Crippen LogP contribution < -0.4 is 0 Å². The van der Waals surface area contributed by atoms with E-state index in [1.807, 2.05) is 12.4 Å². The molecule has 1 saturated heterocycles. The van der Waals surface area contributed by atoms with Crippen LogP contribution in [-0.2, 0) is 27.8 Å². The van der Waals surface area contributed by atoms with Gasteiger partial charge in [-0.1, -0.05) is 51.1 Å². The van der Waals surface area contributed by atoms with Crippen molar-refractivity contribution in [3.8, 4) is 0 Å². The van der Waals surface area contributed by atoms with Crippen molar-refractivity contribution in [3.63, 3.8) is 0 Å². The number of benzene rings is 1. The molecule has 2 N–H and O–H groups in total. The monoisotopic (exact) mass is 419 g/mol. The van der Waals surface area contributed by atoms with Gasteiger partial charge in [0.05, 0.1) is 12.2 Å². The first-order chi connectivity index (χ1) is 14.3. The van der Waals surface area contributed by atoms with E-state index in [9.17, 15) is 0 Å². The van der Waals surface area contributed by atoms with Crippen LogP contribution >= 0.6 is 0 Å². The van der Waals surface area contributed by atoms with Gasteiger partial charge in [-0.3, -0.25) is 14.5 Å². The van der Waals surface area contributed by atoms with Crippen LogP contribution in [0, 0.1) is 5.41 Å². The van der Waals surface area contributed by atoms with E-state index in [0.717, 1.165) is 31.9 Å². The Labute approximate surface area is 178 Å². The average molecular weight is 420 g/mol. The minimum Gasteiger partial charge on any atom is -0.483 e. The predicted molar refractivity (Wildman–Crippen MR) is 114 cm³/mol. The zero-order chi connectivity index (χ0) is 22.6. The third kappa shape index (κ3) is 8.34. The third-order valence-electron chi connectivity index (χ3n) is 4.89. The highest BCUT2D eigenvalue weighted by Crippen LogP contribution is 2.33. The largest absolute Gasteiger partial charge is 0.483 e. The summed E-state index contributed by atoms with van der Waals surface area (Å²) in [7, 11) is 2.06. The normalized spacial score (nSPS) is 18.9. The first-order valence-electron chi connectivity index (χ1n) is 9.81. The van der Waals surface area contributed by atoms with Gasteiger partial charge < -0.3 is 19.5 Å². The number of hydrogen-bond acceptors (Lipinski definition) is 5. The molecule has 0 radical (unpaired) electrons. The molecule has 1 aliphatic rings. The fourth-order valence-electron chi connectivity index (χ4n) is 3.24. The molecular formula is C22H33N3O5. The fraction of sp³-hybridized carbons (Fsp3) is 0.500. The van der Waals surface area contributed by atoms with Crippen LogP contribution in [0.25, 0.3) is 0 Å². The smallest absolute Gasteiger partial charge is 0.290 e. The lowest BCUT2D eigenvalue weighted by molar-refractivity contribution is -0.128. The van der Waals surface area contributed by atoms with Gasteiger partial charge in [0.25, 0.3) is 12.9 Å². The summed E-state index contributed by atoms with van der Waals surface area (Å²) in [5.74, 6) is 1.14. The van der Waals surface area contributed by atoms with Gasteiger partial charge in [0.15, 0.2) is 0 Å². The molecule has 1 aromatic carbocycles. The summed E-state index contributed by atoms with van der Waals surface area (Å²) in [4.78, 5) is 23.7. The Morgan fingerprint density at radius 2 is 1.73 bits per heavy atom. The number of carboxylic acid groups (broad SMARTS) is 2. The summed E-state index contributed by atoms with van der Waals surface area (Å²) in [5, 5.41) is 13.8. The summed E-state index contributed by atoms with van der Waals surface area (Å²) < 4.78 is 8.57. The Morgan fingerprint density at radius 3 is 2.23 bits per heavy atom. The molecule has 1 aromatic heterocycles. The maximum Gasteiger partial charge on any atom is 0.290 e. The molecule has 1 aliphatic heterocycles. The molecule has 2 heterocycles. The van der Waals surface area contributed by atoms with E-state index in [0.29, 0.717) is 0 Å². The Kier molecular flexibility index (Phi) is 10.8. The SMILES string of the molecule is Cn1ccnc1CCN1C[C@@H](c2ccccc2)O[C@@H](C(C)(C)C)C1.O=CO.O=CO. The minimum absolute atomic E-state index is 0.134.